The fraction of sp³-hybridized carbons (Fsp3) is 0.300. The van der Waals surface area contributed by atoms with Crippen molar-refractivity contribution in [1.82, 2.24) is 14.9 Å². The quantitative estimate of drug-likeness (QED) is 0.793. The van der Waals surface area contributed by atoms with Crippen LogP contribution in [0.15, 0.2) is 53.5 Å². The summed E-state index contributed by atoms with van der Waals surface area (Å²) in [7, 11) is 0. The van der Waals surface area contributed by atoms with Crippen LogP contribution in [0, 0.1) is 13.8 Å². The molecule has 4 rings (SSSR count). The summed E-state index contributed by atoms with van der Waals surface area (Å²) >= 11 is 0. The molecule has 5 heteroatoms. The van der Waals surface area contributed by atoms with Gasteiger partial charge >= 0.3 is 0 Å². The maximum atomic E-state index is 12.9. The van der Waals surface area contributed by atoms with Crippen LogP contribution in [-0.4, -0.2) is 15.5 Å². The molecule has 1 aliphatic rings. The molecule has 0 saturated carbocycles. The van der Waals surface area contributed by atoms with E-state index in [0.717, 1.165) is 18.6 Å². The van der Waals surface area contributed by atoms with E-state index in [2.05, 4.69) is 33.1 Å². The highest BCUT2D eigenvalue weighted by atomic mass is 16.3. The molecule has 1 aliphatic carbocycles. The van der Waals surface area contributed by atoms with Gasteiger partial charge in [-0.1, -0.05) is 24.3 Å². The minimum absolute atomic E-state index is 0.0961. The van der Waals surface area contributed by atoms with Crippen LogP contribution in [0.1, 0.15) is 51.5 Å². The summed E-state index contributed by atoms with van der Waals surface area (Å²) in [4.78, 5) is 17.1. The molecule has 0 saturated heterocycles. The van der Waals surface area contributed by atoms with Crippen molar-refractivity contribution < 1.29 is 9.21 Å². The Morgan fingerprint density at radius 1 is 1.32 bits per heavy atom. The molecule has 0 fully saturated rings. The SMILES string of the molecule is Cc1cc(C(=O)N[C@@H]2c3ccccc3CC[C@H]2n2ccnc2)c(C)o1. The van der Waals surface area contributed by atoms with Crippen molar-refractivity contribution in [3.05, 3.63) is 77.3 Å². The highest BCUT2D eigenvalue weighted by molar-refractivity contribution is 5.95. The number of amides is 1. The first-order valence-electron chi connectivity index (χ1n) is 8.56. The molecule has 2 heterocycles. The molecule has 1 amide bonds. The Kier molecular flexibility index (Phi) is 3.92. The smallest absolute Gasteiger partial charge is 0.255 e. The minimum atomic E-state index is -0.0961. The third kappa shape index (κ3) is 2.86. The first kappa shape index (κ1) is 15.7. The second-order valence-electron chi connectivity index (χ2n) is 6.59. The Balaban J connectivity index is 1.70. The van der Waals surface area contributed by atoms with Gasteiger partial charge in [0.1, 0.15) is 11.5 Å². The van der Waals surface area contributed by atoms with Gasteiger partial charge in [0.15, 0.2) is 0 Å². The van der Waals surface area contributed by atoms with Gasteiger partial charge in [0.2, 0.25) is 0 Å². The summed E-state index contributed by atoms with van der Waals surface area (Å²) in [6, 6.07) is 10.2. The number of furan rings is 1. The second kappa shape index (κ2) is 6.24. The lowest BCUT2D eigenvalue weighted by Gasteiger charge is -2.35. The average molecular weight is 335 g/mol. The normalized spacial score (nSPS) is 19.4. The molecule has 0 spiro atoms. The van der Waals surface area contributed by atoms with Crippen molar-refractivity contribution in [1.29, 1.82) is 0 Å². The number of nitrogens with one attached hydrogen (secondary N) is 1. The topological polar surface area (TPSA) is 60.1 Å². The number of benzene rings is 1. The third-order valence-corrected chi connectivity index (χ3v) is 4.96. The van der Waals surface area contributed by atoms with E-state index in [-0.39, 0.29) is 18.0 Å². The highest BCUT2D eigenvalue weighted by Gasteiger charge is 2.32. The number of nitrogens with zero attached hydrogens (tertiary/aromatic N) is 2. The fourth-order valence-electron chi connectivity index (χ4n) is 3.78. The summed E-state index contributed by atoms with van der Waals surface area (Å²) < 4.78 is 7.61. The van der Waals surface area contributed by atoms with Gasteiger partial charge in [-0.25, -0.2) is 4.98 Å². The van der Waals surface area contributed by atoms with E-state index >= 15 is 0 Å². The van der Waals surface area contributed by atoms with E-state index in [1.807, 2.05) is 32.4 Å². The number of aromatic nitrogens is 2. The molecule has 25 heavy (non-hydrogen) atoms. The Bertz CT molecular complexity index is 896. The van der Waals surface area contributed by atoms with Crippen molar-refractivity contribution in [2.45, 2.75) is 38.8 Å². The largest absolute Gasteiger partial charge is 0.466 e. The zero-order valence-corrected chi connectivity index (χ0v) is 14.4. The summed E-state index contributed by atoms with van der Waals surface area (Å²) in [6.07, 6.45) is 7.52. The number of aryl methyl sites for hydroxylation is 3. The van der Waals surface area contributed by atoms with Crippen LogP contribution < -0.4 is 5.32 Å². The number of hydrogen-bond acceptors (Lipinski definition) is 3. The lowest BCUT2D eigenvalue weighted by molar-refractivity contribution is 0.0916. The second-order valence-corrected chi connectivity index (χ2v) is 6.59. The molecule has 2 atom stereocenters. The van der Waals surface area contributed by atoms with E-state index in [9.17, 15) is 4.79 Å². The Morgan fingerprint density at radius 2 is 2.16 bits per heavy atom. The summed E-state index contributed by atoms with van der Waals surface area (Å²) in [6.45, 7) is 3.68. The van der Waals surface area contributed by atoms with Gasteiger partial charge in [-0.2, -0.15) is 0 Å². The minimum Gasteiger partial charge on any atom is -0.466 e. The van der Waals surface area contributed by atoms with Crippen LogP contribution in [0.4, 0.5) is 0 Å². The third-order valence-electron chi connectivity index (χ3n) is 4.96. The number of rotatable bonds is 3. The van der Waals surface area contributed by atoms with Crippen molar-refractivity contribution in [2.24, 2.45) is 0 Å². The van der Waals surface area contributed by atoms with Crippen LogP contribution >= 0.6 is 0 Å². The monoisotopic (exact) mass is 335 g/mol. The molecule has 1 N–H and O–H groups in total. The van der Waals surface area contributed by atoms with Crippen molar-refractivity contribution in [2.75, 3.05) is 0 Å². The molecular formula is C20H21N3O2. The molecule has 0 bridgehead atoms. The lowest BCUT2D eigenvalue weighted by atomic mass is 9.83. The van der Waals surface area contributed by atoms with Gasteiger partial charge < -0.3 is 14.3 Å². The summed E-state index contributed by atoms with van der Waals surface area (Å²) in [5.41, 5.74) is 3.08. The van der Waals surface area contributed by atoms with Crippen LogP contribution in [0.3, 0.4) is 0 Å². The van der Waals surface area contributed by atoms with E-state index in [4.69, 9.17) is 4.42 Å². The lowest BCUT2D eigenvalue weighted by Crippen LogP contribution is -2.37. The molecule has 5 nitrogen and oxygen atoms in total. The molecule has 0 radical (unpaired) electrons. The average Bonchev–Trinajstić information content (AvgIpc) is 3.24. The Morgan fingerprint density at radius 3 is 2.88 bits per heavy atom. The molecule has 0 aliphatic heterocycles. The first-order valence-corrected chi connectivity index (χ1v) is 8.56. The number of fused-ring (bicyclic) bond motifs is 1. The molecule has 1 aromatic carbocycles. The van der Waals surface area contributed by atoms with Gasteiger partial charge in [-0.05, 0) is 43.9 Å². The number of imidazole rings is 1. The number of carbonyl (C=O) groups is 1. The van der Waals surface area contributed by atoms with E-state index in [1.54, 1.807) is 12.3 Å². The maximum absolute atomic E-state index is 12.9. The molecule has 128 valence electrons. The van der Waals surface area contributed by atoms with Crippen LogP contribution in [0.25, 0.3) is 0 Å². The zero-order chi connectivity index (χ0) is 17.4. The standard InChI is InChI=1S/C20H21N3O2/c1-13-11-17(14(2)25-13)20(24)22-19-16-6-4-3-5-15(16)7-8-18(19)23-10-9-21-12-23/h3-6,9-12,18-19H,7-8H2,1-2H3,(H,22,24)/t18-,19-/m1/s1. The molecular weight excluding hydrogens is 314 g/mol. The maximum Gasteiger partial charge on any atom is 0.255 e. The van der Waals surface area contributed by atoms with Gasteiger partial charge in [0, 0.05) is 12.4 Å². The zero-order valence-electron chi connectivity index (χ0n) is 14.4. The van der Waals surface area contributed by atoms with Gasteiger partial charge in [-0.15, -0.1) is 0 Å². The van der Waals surface area contributed by atoms with Crippen LogP contribution in [0.5, 0.6) is 0 Å². The highest BCUT2D eigenvalue weighted by Crippen LogP contribution is 2.37. The predicted octanol–water partition coefficient (Wildman–Crippen LogP) is 3.75. The summed E-state index contributed by atoms with van der Waals surface area (Å²) in [5.74, 6) is 1.30. The fourth-order valence-corrected chi connectivity index (χ4v) is 3.78. The molecule has 0 unspecified atom stereocenters. The van der Waals surface area contributed by atoms with Gasteiger partial charge in [0.25, 0.3) is 5.91 Å². The van der Waals surface area contributed by atoms with Crippen molar-refractivity contribution >= 4 is 5.91 Å². The van der Waals surface area contributed by atoms with Gasteiger partial charge in [0.05, 0.1) is 24.0 Å². The molecule has 3 aromatic rings. The van der Waals surface area contributed by atoms with Crippen molar-refractivity contribution in [3.63, 3.8) is 0 Å². The predicted molar refractivity (Wildman–Crippen MR) is 94.4 cm³/mol. The van der Waals surface area contributed by atoms with E-state index < -0.39 is 0 Å². The number of carbonyl (C=O) groups excluding carboxylic acids is 1. The molecule has 2 aromatic heterocycles. The van der Waals surface area contributed by atoms with Crippen LogP contribution in [0.2, 0.25) is 0 Å². The van der Waals surface area contributed by atoms with E-state index in [1.165, 1.54) is 11.1 Å². The first-order chi connectivity index (χ1) is 12.1. The van der Waals surface area contributed by atoms with Crippen molar-refractivity contribution in [3.8, 4) is 0 Å². The Labute approximate surface area is 146 Å². The Hall–Kier alpha value is -2.82. The van der Waals surface area contributed by atoms with Gasteiger partial charge in [-0.3, -0.25) is 4.79 Å². The van der Waals surface area contributed by atoms with E-state index in [0.29, 0.717) is 11.3 Å². The van der Waals surface area contributed by atoms with Crippen LogP contribution in [-0.2, 0) is 6.42 Å². The summed E-state index contributed by atoms with van der Waals surface area (Å²) in [5, 5.41) is 3.24. The number of hydrogen-bond donors (Lipinski definition) is 1.